The van der Waals surface area contributed by atoms with Crippen molar-refractivity contribution < 1.29 is 0 Å². The van der Waals surface area contributed by atoms with Crippen LogP contribution in [0.5, 0.6) is 0 Å². The standard InChI is InChI=1S/C14H23N5/c1-18(2)10-11-5-7-19(8-6-11)12-3-4-13(14(15)16)17-9-12/h3-4,9,11H,5-8,10H2,1-2H3,(H3,15,16). The second-order valence-corrected chi connectivity index (χ2v) is 5.51. The first-order valence-electron chi connectivity index (χ1n) is 6.76. The van der Waals surface area contributed by atoms with Crippen LogP contribution >= 0.6 is 0 Å². The Morgan fingerprint density at radius 2 is 2.11 bits per heavy atom. The van der Waals surface area contributed by atoms with Crippen LogP contribution in [0, 0.1) is 11.3 Å². The molecule has 1 saturated heterocycles. The Labute approximate surface area is 114 Å². The predicted molar refractivity (Wildman–Crippen MR) is 78.7 cm³/mol. The minimum Gasteiger partial charge on any atom is -0.382 e. The van der Waals surface area contributed by atoms with Gasteiger partial charge in [0.2, 0.25) is 0 Å². The highest BCUT2D eigenvalue weighted by Gasteiger charge is 2.20. The van der Waals surface area contributed by atoms with Crippen molar-refractivity contribution in [3.05, 3.63) is 24.0 Å². The number of pyridine rings is 1. The fraction of sp³-hybridized carbons (Fsp3) is 0.571. The van der Waals surface area contributed by atoms with Crippen LogP contribution in [0.1, 0.15) is 18.5 Å². The maximum Gasteiger partial charge on any atom is 0.141 e. The molecule has 0 unspecified atom stereocenters. The number of rotatable bonds is 4. The third-order valence-electron chi connectivity index (χ3n) is 3.63. The van der Waals surface area contributed by atoms with Gasteiger partial charge in [-0.3, -0.25) is 10.4 Å². The second kappa shape index (κ2) is 6.02. The minimum absolute atomic E-state index is 0.0243. The molecule has 2 rings (SSSR count). The van der Waals surface area contributed by atoms with Crippen LogP contribution in [0.3, 0.4) is 0 Å². The molecule has 104 valence electrons. The number of nitrogens with one attached hydrogen (secondary N) is 1. The summed E-state index contributed by atoms with van der Waals surface area (Å²) in [5.41, 5.74) is 7.09. The second-order valence-electron chi connectivity index (χ2n) is 5.51. The summed E-state index contributed by atoms with van der Waals surface area (Å²) in [6.07, 6.45) is 4.28. The Kier molecular flexibility index (Phi) is 4.37. The molecule has 2 heterocycles. The maximum absolute atomic E-state index is 7.34. The summed E-state index contributed by atoms with van der Waals surface area (Å²) in [4.78, 5) is 8.85. The van der Waals surface area contributed by atoms with Gasteiger partial charge in [-0.05, 0) is 45.0 Å². The van der Waals surface area contributed by atoms with Crippen LogP contribution in [0.2, 0.25) is 0 Å². The summed E-state index contributed by atoms with van der Waals surface area (Å²) in [6.45, 7) is 3.34. The van der Waals surface area contributed by atoms with Gasteiger partial charge >= 0.3 is 0 Å². The highest BCUT2D eigenvalue weighted by molar-refractivity contribution is 5.93. The van der Waals surface area contributed by atoms with Crippen LogP contribution in [-0.2, 0) is 0 Å². The van der Waals surface area contributed by atoms with Gasteiger partial charge in [-0.1, -0.05) is 0 Å². The molecule has 1 aromatic rings. The van der Waals surface area contributed by atoms with E-state index in [1.807, 2.05) is 18.3 Å². The number of nitrogens with two attached hydrogens (primary N) is 1. The van der Waals surface area contributed by atoms with Crippen molar-refractivity contribution in [2.24, 2.45) is 11.7 Å². The topological polar surface area (TPSA) is 69.2 Å². The third kappa shape index (κ3) is 3.67. The largest absolute Gasteiger partial charge is 0.382 e. The summed E-state index contributed by atoms with van der Waals surface area (Å²) < 4.78 is 0. The van der Waals surface area contributed by atoms with E-state index in [4.69, 9.17) is 11.1 Å². The van der Waals surface area contributed by atoms with E-state index in [0.717, 1.165) is 24.7 Å². The van der Waals surface area contributed by atoms with E-state index in [-0.39, 0.29) is 5.84 Å². The Morgan fingerprint density at radius 1 is 1.42 bits per heavy atom. The van der Waals surface area contributed by atoms with Crippen LogP contribution < -0.4 is 10.6 Å². The summed E-state index contributed by atoms with van der Waals surface area (Å²) in [6, 6.07) is 3.83. The first-order chi connectivity index (χ1) is 9.06. The number of anilines is 1. The Hall–Kier alpha value is -1.62. The number of nitrogen functional groups attached to an aromatic ring is 1. The SMILES string of the molecule is CN(C)CC1CCN(c2ccc(C(=N)N)nc2)CC1. The van der Waals surface area contributed by atoms with Gasteiger partial charge in [-0.15, -0.1) is 0 Å². The molecular formula is C14H23N5. The first-order valence-corrected chi connectivity index (χ1v) is 6.76. The first kappa shape index (κ1) is 13.8. The van der Waals surface area contributed by atoms with E-state index in [9.17, 15) is 0 Å². The lowest BCUT2D eigenvalue weighted by atomic mass is 9.96. The number of hydrogen-bond donors (Lipinski definition) is 2. The normalized spacial score (nSPS) is 16.9. The van der Waals surface area contributed by atoms with E-state index >= 15 is 0 Å². The van der Waals surface area contributed by atoms with Crippen molar-refractivity contribution in [1.82, 2.24) is 9.88 Å². The molecule has 0 amide bonds. The number of aromatic nitrogens is 1. The molecule has 0 radical (unpaired) electrons. The molecule has 0 aliphatic carbocycles. The van der Waals surface area contributed by atoms with Crippen molar-refractivity contribution in [2.45, 2.75) is 12.8 Å². The molecule has 0 aromatic carbocycles. The van der Waals surface area contributed by atoms with Gasteiger partial charge in [0.25, 0.3) is 0 Å². The molecule has 1 aromatic heterocycles. The zero-order valence-electron chi connectivity index (χ0n) is 11.8. The Bertz CT molecular complexity index is 418. The number of amidine groups is 1. The quantitative estimate of drug-likeness (QED) is 0.630. The smallest absolute Gasteiger partial charge is 0.141 e. The summed E-state index contributed by atoms with van der Waals surface area (Å²) in [5.74, 6) is 0.826. The summed E-state index contributed by atoms with van der Waals surface area (Å²) in [7, 11) is 4.27. The molecule has 5 heteroatoms. The lowest BCUT2D eigenvalue weighted by Crippen LogP contribution is -2.37. The summed E-state index contributed by atoms with van der Waals surface area (Å²) in [5, 5.41) is 7.34. The van der Waals surface area contributed by atoms with Gasteiger partial charge in [-0.25, -0.2) is 0 Å². The molecule has 1 fully saturated rings. The van der Waals surface area contributed by atoms with E-state index in [1.54, 1.807) is 0 Å². The zero-order chi connectivity index (χ0) is 13.8. The van der Waals surface area contributed by atoms with Crippen LogP contribution in [0.25, 0.3) is 0 Å². The van der Waals surface area contributed by atoms with Gasteiger partial charge in [0.15, 0.2) is 0 Å². The lowest BCUT2D eigenvalue weighted by molar-refractivity contribution is 0.285. The molecule has 0 spiro atoms. The van der Waals surface area contributed by atoms with Crippen LogP contribution in [0.15, 0.2) is 18.3 Å². The van der Waals surface area contributed by atoms with Gasteiger partial charge in [-0.2, -0.15) is 0 Å². The van der Waals surface area contributed by atoms with Crippen molar-refractivity contribution in [1.29, 1.82) is 5.41 Å². The third-order valence-corrected chi connectivity index (χ3v) is 3.63. The fourth-order valence-corrected chi connectivity index (χ4v) is 2.62. The highest BCUT2D eigenvalue weighted by atomic mass is 15.1. The maximum atomic E-state index is 7.34. The van der Waals surface area contributed by atoms with Gasteiger partial charge in [0.1, 0.15) is 11.5 Å². The molecule has 0 atom stereocenters. The van der Waals surface area contributed by atoms with Gasteiger partial charge < -0.3 is 15.5 Å². The zero-order valence-corrected chi connectivity index (χ0v) is 11.8. The van der Waals surface area contributed by atoms with Gasteiger partial charge in [0.05, 0.1) is 11.9 Å². The van der Waals surface area contributed by atoms with Crippen LogP contribution in [-0.4, -0.2) is 49.4 Å². The average Bonchev–Trinajstić information content (AvgIpc) is 2.39. The van der Waals surface area contributed by atoms with Crippen molar-refractivity contribution in [2.75, 3.05) is 38.6 Å². The summed E-state index contributed by atoms with van der Waals surface area (Å²) >= 11 is 0. The molecule has 5 nitrogen and oxygen atoms in total. The van der Waals surface area contributed by atoms with Crippen LogP contribution in [0.4, 0.5) is 5.69 Å². The van der Waals surface area contributed by atoms with E-state index in [0.29, 0.717) is 5.69 Å². The Morgan fingerprint density at radius 3 is 2.58 bits per heavy atom. The van der Waals surface area contributed by atoms with Gasteiger partial charge in [0, 0.05) is 19.6 Å². The van der Waals surface area contributed by atoms with Crippen molar-refractivity contribution in [3.63, 3.8) is 0 Å². The molecule has 1 aliphatic heterocycles. The lowest BCUT2D eigenvalue weighted by Gasteiger charge is -2.34. The molecule has 1 aliphatic rings. The molecule has 0 bridgehead atoms. The monoisotopic (exact) mass is 261 g/mol. The molecule has 3 N–H and O–H groups in total. The highest BCUT2D eigenvalue weighted by Crippen LogP contribution is 2.23. The molecular weight excluding hydrogens is 238 g/mol. The number of piperidine rings is 1. The van der Waals surface area contributed by atoms with E-state index in [1.165, 1.54) is 19.4 Å². The molecule has 19 heavy (non-hydrogen) atoms. The van der Waals surface area contributed by atoms with E-state index in [2.05, 4.69) is 28.9 Å². The van der Waals surface area contributed by atoms with E-state index < -0.39 is 0 Å². The minimum atomic E-state index is 0.0243. The Balaban J connectivity index is 1.92. The predicted octanol–water partition coefficient (Wildman–Crippen LogP) is 1.14. The molecule has 0 saturated carbocycles. The number of nitrogens with zero attached hydrogens (tertiary/aromatic N) is 3. The average molecular weight is 261 g/mol. The number of hydrogen-bond acceptors (Lipinski definition) is 4. The fourth-order valence-electron chi connectivity index (χ4n) is 2.62. The van der Waals surface area contributed by atoms with Crippen molar-refractivity contribution >= 4 is 11.5 Å². The van der Waals surface area contributed by atoms with Crippen molar-refractivity contribution in [3.8, 4) is 0 Å².